The standard InChI is InChI=1S/C15H24FNO2/c1-15(2,3)19-10-9-18-14(11-17-4)12-5-7-13(16)8-6-12/h5-8,14,17H,9-11H2,1-4H3. The Morgan fingerprint density at radius 2 is 1.79 bits per heavy atom. The molecule has 1 atom stereocenters. The summed E-state index contributed by atoms with van der Waals surface area (Å²) in [6.07, 6.45) is -0.0887. The summed E-state index contributed by atoms with van der Waals surface area (Å²) in [6, 6.07) is 6.41. The molecule has 0 aliphatic rings. The van der Waals surface area contributed by atoms with Crippen LogP contribution in [0.4, 0.5) is 4.39 Å². The Bertz CT molecular complexity index is 359. The molecule has 1 aromatic rings. The summed E-state index contributed by atoms with van der Waals surface area (Å²) >= 11 is 0. The van der Waals surface area contributed by atoms with Crippen LogP contribution in [0.2, 0.25) is 0 Å². The van der Waals surface area contributed by atoms with Gasteiger partial charge in [0.15, 0.2) is 0 Å². The normalized spacial score (nSPS) is 13.5. The molecule has 1 rings (SSSR count). The predicted molar refractivity (Wildman–Crippen MR) is 74.7 cm³/mol. The summed E-state index contributed by atoms with van der Waals surface area (Å²) in [5.74, 6) is -0.233. The highest BCUT2D eigenvalue weighted by Gasteiger charge is 2.13. The second-order valence-electron chi connectivity index (χ2n) is 5.43. The van der Waals surface area contributed by atoms with Gasteiger partial charge in [-0.25, -0.2) is 4.39 Å². The topological polar surface area (TPSA) is 30.5 Å². The Balaban J connectivity index is 2.47. The van der Waals surface area contributed by atoms with Crippen LogP contribution < -0.4 is 5.32 Å². The molecule has 1 aromatic carbocycles. The Morgan fingerprint density at radius 3 is 2.32 bits per heavy atom. The van der Waals surface area contributed by atoms with Crippen molar-refractivity contribution in [2.45, 2.75) is 32.5 Å². The molecule has 0 heterocycles. The molecule has 0 spiro atoms. The summed E-state index contributed by atoms with van der Waals surface area (Å²) in [5.41, 5.74) is 0.809. The van der Waals surface area contributed by atoms with Crippen LogP contribution in [0.1, 0.15) is 32.4 Å². The molecule has 0 saturated carbocycles. The number of hydrogen-bond donors (Lipinski definition) is 1. The largest absolute Gasteiger partial charge is 0.373 e. The molecule has 1 unspecified atom stereocenters. The lowest BCUT2D eigenvalue weighted by Gasteiger charge is -2.22. The molecule has 0 bridgehead atoms. The summed E-state index contributed by atoms with van der Waals surface area (Å²) < 4.78 is 24.3. The molecule has 3 nitrogen and oxygen atoms in total. The monoisotopic (exact) mass is 269 g/mol. The van der Waals surface area contributed by atoms with Gasteiger partial charge in [0, 0.05) is 6.54 Å². The van der Waals surface area contributed by atoms with Crippen LogP contribution >= 0.6 is 0 Å². The third kappa shape index (κ3) is 6.66. The molecule has 108 valence electrons. The molecule has 4 heteroatoms. The van der Waals surface area contributed by atoms with Crippen molar-refractivity contribution in [3.8, 4) is 0 Å². The zero-order valence-corrected chi connectivity index (χ0v) is 12.2. The number of likely N-dealkylation sites (N-methyl/N-ethyl adjacent to an activating group) is 1. The zero-order chi connectivity index (χ0) is 14.3. The smallest absolute Gasteiger partial charge is 0.123 e. The molecule has 0 aromatic heterocycles. The first kappa shape index (κ1) is 16.1. The molecule has 0 saturated heterocycles. The summed E-state index contributed by atoms with van der Waals surface area (Å²) in [4.78, 5) is 0. The van der Waals surface area contributed by atoms with Gasteiger partial charge >= 0.3 is 0 Å². The molecule has 19 heavy (non-hydrogen) atoms. The van der Waals surface area contributed by atoms with Crippen molar-refractivity contribution >= 4 is 0 Å². The van der Waals surface area contributed by atoms with Gasteiger partial charge in [-0.1, -0.05) is 12.1 Å². The Kier molecular flexibility index (Phi) is 6.42. The minimum atomic E-state index is -0.233. The van der Waals surface area contributed by atoms with E-state index in [1.54, 1.807) is 12.1 Å². The minimum Gasteiger partial charge on any atom is -0.373 e. The average molecular weight is 269 g/mol. The summed E-state index contributed by atoms with van der Waals surface area (Å²) in [7, 11) is 1.87. The van der Waals surface area contributed by atoms with Gasteiger partial charge in [-0.05, 0) is 45.5 Å². The van der Waals surface area contributed by atoms with Crippen molar-refractivity contribution < 1.29 is 13.9 Å². The molecule has 0 aliphatic heterocycles. The van der Waals surface area contributed by atoms with Crippen LogP contribution in [0.25, 0.3) is 0 Å². The molecular formula is C15H24FNO2. The fourth-order valence-corrected chi connectivity index (χ4v) is 1.67. The average Bonchev–Trinajstić information content (AvgIpc) is 2.33. The third-order valence-electron chi connectivity index (χ3n) is 2.57. The zero-order valence-electron chi connectivity index (χ0n) is 12.2. The number of nitrogens with one attached hydrogen (secondary N) is 1. The number of ether oxygens (including phenoxy) is 2. The number of hydrogen-bond acceptors (Lipinski definition) is 3. The number of rotatable bonds is 7. The molecule has 0 amide bonds. The maximum Gasteiger partial charge on any atom is 0.123 e. The molecule has 1 N–H and O–H groups in total. The predicted octanol–water partition coefficient (Wildman–Crippen LogP) is 2.92. The van der Waals surface area contributed by atoms with E-state index in [0.29, 0.717) is 19.8 Å². The minimum absolute atomic E-state index is 0.0887. The van der Waals surface area contributed by atoms with Crippen molar-refractivity contribution in [2.75, 3.05) is 26.8 Å². The molecular weight excluding hydrogens is 245 g/mol. The van der Waals surface area contributed by atoms with E-state index in [-0.39, 0.29) is 17.5 Å². The van der Waals surface area contributed by atoms with Gasteiger partial charge in [0.1, 0.15) is 5.82 Å². The van der Waals surface area contributed by atoms with E-state index in [1.165, 1.54) is 12.1 Å². The van der Waals surface area contributed by atoms with Crippen molar-refractivity contribution in [2.24, 2.45) is 0 Å². The van der Waals surface area contributed by atoms with Gasteiger partial charge in [0.05, 0.1) is 24.9 Å². The van der Waals surface area contributed by atoms with Crippen LogP contribution in [0.3, 0.4) is 0 Å². The van der Waals surface area contributed by atoms with E-state index in [4.69, 9.17) is 9.47 Å². The fourth-order valence-electron chi connectivity index (χ4n) is 1.67. The fraction of sp³-hybridized carbons (Fsp3) is 0.600. The van der Waals surface area contributed by atoms with Crippen molar-refractivity contribution in [1.82, 2.24) is 5.32 Å². The van der Waals surface area contributed by atoms with Crippen molar-refractivity contribution in [1.29, 1.82) is 0 Å². The van der Waals surface area contributed by atoms with Gasteiger partial charge in [-0.2, -0.15) is 0 Å². The van der Waals surface area contributed by atoms with Gasteiger partial charge in [0.25, 0.3) is 0 Å². The van der Waals surface area contributed by atoms with E-state index in [0.717, 1.165) is 5.56 Å². The van der Waals surface area contributed by atoms with E-state index < -0.39 is 0 Å². The molecule has 0 aliphatic carbocycles. The molecule has 0 fully saturated rings. The Labute approximate surface area is 115 Å². The molecule has 0 radical (unpaired) electrons. The SMILES string of the molecule is CNCC(OCCOC(C)(C)C)c1ccc(F)cc1. The van der Waals surface area contributed by atoms with Crippen LogP contribution in [0.5, 0.6) is 0 Å². The first-order valence-corrected chi connectivity index (χ1v) is 6.58. The highest BCUT2D eigenvalue weighted by Crippen LogP contribution is 2.17. The lowest BCUT2D eigenvalue weighted by molar-refractivity contribution is -0.0516. The van der Waals surface area contributed by atoms with Gasteiger partial charge in [-0.3, -0.25) is 0 Å². The van der Waals surface area contributed by atoms with Crippen LogP contribution in [0.15, 0.2) is 24.3 Å². The number of benzene rings is 1. The maximum atomic E-state index is 12.9. The van der Waals surface area contributed by atoms with Crippen LogP contribution in [0, 0.1) is 5.82 Å². The lowest BCUT2D eigenvalue weighted by Crippen LogP contribution is -2.25. The lowest BCUT2D eigenvalue weighted by atomic mass is 10.1. The van der Waals surface area contributed by atoms with E-state index in [1.807, 2.05) is 27.8 Å². The summed E-state index contributed by atoms with van der Waals surface area (Å²) in [6.45, 7) is 7.78. The van der Waals surface area contributed by atoms with Crippen LogP contribution in [-0.4, -0.2) is 32.4 Å². The Hall–Kier alpha value is -0.970. The maximum absolute atomic E-state index is 12.9. The Morgan fingerprint density at radius 1 is 1.16 bits per heavy atom. The van der Waals surface area contributed by atoms with E-state index >= 15 is 0 Å². The van der Waals surface area contributed by atoms with Crippen LogP contribution in [-0.2, 0) is 9.47 Å². The van der Waals surface area contributed by atoms with E-state index in [9.17, 15) is 4.39 Å². The van der Waals surface area contributed by atoms with E-state index in [2.05, 4.69) is 5.32 Å². The van der Waals surface area contributed by atoms with Crippen molar-refractivity contribution in [3.05, 3.63) is 35.6 Å². The highest BCUT2D eigenvalue weighted by atomic mass is 19.1. The highest BCUT2D eigenvalue weighted by molar-refractivity contribution is 5.19. The second-order valence-corrected chi connectivity index (χ2v) is 5.43. The van der Waals surface area contributed by atoms with Gasteiger partial charge in [-0.15, -0.1) is 0 Å². The number of halogens is 1. The summed E-state index contributed by atoms with van der Waals surface area (Å²) in [5, 5.41) is 3.08. The quantitative estimate of drug-likeness (QED) is 0.772. The van der Waals surface area contributed by atoms with Crippen molar-refractivity contribution in [3.63, 3.8) is 0 Å². The van der Waals surface area contributed by atoms with Gasteiger partial charge < -0.3 is 14.8 Å². The second kappa shape index (κ2) is 7.58. The third-order valence-corrected chi connectivity index (χ3v) is 2.57. The van der Waals surface area contributed by atoms with Gasteiger partial charge in [0.2, 0.25) is 0 Å². The first-order chi connectivity index (χ1) is 8.92. The first-order valence-electron chi connectivity index (χ1n) is 6.58.